The molecule has 0 aliphatic carbocycles. The van der Waals surface area contributed by atoms with Gasteiger partial charge < -0.3 is 10.5 Å². The van der Waals surface area contributed by atoms with Crippen molar-refractivity contribution in [2.45, 2.75) is 26.7 Å². The maximum Gasteiger partial charge on any atom is 0.419 e. The van der Waals surface area contributed by atoms with E-state index in [1.54, 1.807) is 24.3 Å². The van der Waals surface area contributed by atoms with Gasteiger partial charge in [-0.05, 0) is 25.0 Å². The van der Waals surface area contributed by atoms with Gasteiger partial charge in [0.25, 0.3) is 11.9 Å². The Bertz CT molecular complexity index is 482. The Labute approximate surface area is 118 Å². The van der Waals surface area contributed by atoms with Crippen molar-refractivity contribution in [1.29, 1.82) is 0 Å². The van der Waals surface area contributed by atoms with Crippen LogP contribution >= 0.6 is 0 Å². The number of aliphatic imine (C=N–C) groups is 1. The first kappa shape index (κ1) is 15.7. The van der Waals surface area contributed by atoms with Crippen LogP contribution in [0.4, 0.5) is 10.5 Å². The highest BCUT2D eigenvalue weighted by atomic mass is 16.6. The fourth-order valence-corrected chi connectivity index (χ4v) is 1.62. The lowest BCUT2D eigenvalue weighted by Crippen LogP contribution is -2.26. The van der Waals surface area contributed by atoms with Gasteiger partial charge in [0, 0.05) is 11.6 Å². The summed E-state index contributed by atoms with van der Waals surface area (Å²) >= 11 is 0. The summed E-state index contributed by atoms with van der Waals surface area (Å²) in [6.07, 6.45) is 0.555. The van der Waals surface area contributed by atoms with Crippen LogP contribution in [0.15, 0.2) is 35.3 Å². The number of nitrogens with one attached hydrogen (secondary N) is 1. The van der Waals surface area contributed by atoms with Crippen molar-refractivity contribution < 1.29 is 14.3 Å². The maximum absolute atomic E-state index is 11.7. The fourth-order valence-electron chi connectivity index (χ4n) is 1.62. The molecule has 0 unspecified atom stereocenters. The molecule has 0 fully saturated rings. The predicted molar refractivity (Wildman–Crippen MR) is 77.2 cm³/mol. The van der Waals surface area contributed by atoms with Crippen LogP contribution in [0.25, 0.3) is 0 Å². The zero-order chi connectivity index (χ0) is 15.0. The van der Waals surface area contributed by atoms with Crippen LogP contribution in [0.5, 0.6) is 0 Å². The van der Waals surface area contributed by atoms with E-state index in [4.69, 9.17) is 10.5 Å². The van der Waals surface area contributed by atoms with E-state index in [1.165, 1.54) is 0 Å². The lowest BCUT2D eigenvalue weighted by atomic mass is 10.0. The van der Waals surface area contributed by atoms with Gasteiger partial charge in [-0.15, -0.1) is 0 Å². The first-order chi connectivity index (χ1) is 9.56. The van der Waals surface area contributed by atoms with E-state index in [0.29, 0.717) is 18.5 Å². The predicted octanol–water partition coefficient (Wildman–Crippen LogP) is 2.51. The second-order valence-electron chi connectivity index (χ2n) is 4.18. The molecular formula is C14H19N3O3. The molecule has 0 saturated carbocycles. The molecule has 0 aliphatic heterocycles. The Morgan fingerprint density at radius 2 is 1.85 bits per heavy atom. The zero-order valence-electron chi connectivity index (χ0n) is 11.6. The van der Waals surface area contributed by atoms with Crippen LogP contribution in [0, 0.1) is 5.92 Å². The molecule has 2 amide bonds. The molecule has 0 radical (unpaired) electrons. The zero-order valence-corrected chi connectivity index (χ0v) is 11.6. The standard InChI is InChI=1S/C14H19N3O3/c1-3-10(4-2)12(18)17-13(15)20-14(19)16-11-8-6-5-7-9-11/h5-10H,3-4H2,1-2H3,(H,16,19)(H2,15,17,18). The summed E-state index contributed by atoms with van der Waals surface area (Å²) in [6.45, 7) is 3.78. The normalized spacial score (nSPS) is 11.2. The number of amides is 2. The molecule has 1 aromatic rings. The van der Waals surface area contributed by atoms with Crippen LogP contribution in [-0.4, -0.2) is 18.0 Å². The minimum Gasteiger partial charge on any atom is -0.376 e. The Morgan fingerprint density at radius 3 is 2.40 bits per heavy atom. The molecule has 0 aromatic heterocycles. The molecule has 20 heavy (non-hydrogen) atoms. The number of ether oxygens (including phenoxy) is 1. The van der Waals surface area contributed by atoms with Crippen LogP contribution in [-0.2, 0) is 9.53 Å². The molecule has 0 saturated heterocycles. The summed E-state index contributed by atoms with van der Waals surface area (Å²) in [4.78, 5) is 26.8. The summed E-state index contributed by atoms with van der Waals surface area (Å²) in [5, 5.41) is 2.47. The third-order valence-corrected chi connectivity index (χ3v) is 2.77. The van der Waals surface area contributed by atoms with Crippen molar-refractivity contribution in [2.75, 3.05) is 5.32 Å². The number of anilines is 1. The SMILES string of the molecule is CCC(CC)C(=O)N=C(N)OC(=O)Nc1ccccc1. The van der Waals surface area contributed by atoms with E-state index in [2.05, 4.69) is 10.3 Å². The molecule has 6 heteroatoms. The topological polar surface area (TPSA) is 93.8 Å². The van der Waals surface area contributed by atoms with Gasteiger partial charge in [-0.25, -0.2) is 4.79 Å². The van der Waals surface area contributed by atoms with Crippen LogP contribution in [0.1, 0.15) is 26.7 Å². The van der Waals surface area contributed by atoms with Gasteiger partial charge in [0.15, 0.2) is 0 Å². The van der Waals surface area contributed by atoms with Gasteiger partial charge >= 0.3 is 6.09 Å². The van der Waals surface area contributed by atoms with Crippen molar-refractivity contribution in [1.82, 2.24) is 0 Å². The molecule has 0 heterocycles. The Hall–Kier alpha value is -2.37. The number of hydrogen-bond acceptors (Lipinski definition) is 3. The first-order valence-corrected chi connectivity index (χ1v) is 6.48. The number of carbonyl (C=O) groups is 2. The smallest absolute Gasteiger partial charge is 0.376 e. The van der Waals surface area contributed by atoms with Crippen molar-refractivity contribution in [2.24, 2.45) is 16.6 Å². The number of para-hydroxylation sites is 1. The number of amidine groups is 1. The third kappa shape index (κ3) is 5.09. The molecule has 1 aromatic carbocycles. The second-order valence-corrected chi connectivity index (χ2v) is 4.18. The van der Waals surface area contributed by atoms with Crippen molar-refractivity contribution in [3.63, 3.8) is 0 Å². The fraction of sp³-hybridized carbons (Fsp3) is 0.357. The number of nitrogens with zero attached hydrogens (tertiary/aromatic N) is 1. The van der Waals surface area contributed by atoms with Gasteiger partial charge in [-0.2, -0.15) is 4.99 Å². The van der Waals surface area contributed by atoms with Crippen LogP contribution < -0.4 is 11.1 Å². The van der Waals surface area contributed by atoms with Crippen LogP contribution in [0.3, 0.4) is 0 Å². The van der Waals surface area contributed by atoms with E-state index in [9.17, 15) is 9.59 Å². The average molecular weight is 277 g/mol. The lowest BCUT2D eigenvalue weighted by molar-refractivity contribution is -0.121. The van der Waals surface area contributed by atoms with Crippen LogP contribution in [0.2, 0.25) is 0 Å². The number of hydrogen-bond donors (Lipinski definition) is 2. The van der Waals surface area contributed by atoms with Gasteiger partial charge in [0.1, 0.15) is 0 Å². The Kier molecular flexibility index (Phi) is 6.22. The molecule has 0 spiro atoms. The summed E-state index contributed by atoms with van der Waals surface area (Å²) in [6, 6.07) is 8.30. The molecule has 0 bridgehead atoms. The summed E-state index contributed by atoms with van der Waals surface area (Å²) in [5.74, 6) is -0.575. The number of benzene rings is 1. The quantitative estimate of drug-likeness (QED) is 0.653. The average Bonchev–Trinajstić information content (AvgIpc) is 2.40. The third-order valence-electron chi connectivity index (χ3n) is 2.77. The number of carbonyl (C=O) groups excluding carboxylic acids is 2. The van der Waals surface area contributed by atoms with E-state index in [-0.39, 0.29) is 11.8 Å². The number of nitrogens with two attached hydrogens (primary N) is 1. The highest BCUT2D eigenvalue weighted by molar-refractivity contribution is 5.98. The minimum atomic E-state index is -0.783. The largest absolute Gasteiger partial charge is 0.419 e. The molecule has 6 nitrogen and oxygen atoms in total. The highest BCUT2D eigenvalue weighted by Gasteiger charge is 2.15. The van der Waals surface area contributed by atoms with E-state index >= 15 is 0 Å². The molecular weight excluding hydrogens is 258 g/mol. The summed E-state index contributed by atoms with van der Waals surface area (Å²) < 4.78 is 4.72. The van der Waals surface area contributed by atoms with E-state index < -0.39 is 12.1 Å². The molecule has 1 rings (SSSR count). The van der Waals surface area contributed by atoms with Gasteiger partial charge in [-0.3, -0.25) is 10.1 Å². The minimum absolute atomic E-state index is 0.200. The second kappa shape index (κ2) is 7.93. The van der Waals surface area contributed by atoms with Crippen molar-refractivity contribution >= 4 is 23.7 Å². The lowest BCUT2D eigenvalue weighted by Gasteiger charge is -2.08. The molecule has 0 atom stereocenters. The monoisotopic (exact) mass is 277 g/mol. The summed E-state index contributed by atoms with van der Waals surface area (Å²) in [7, 11) is 0. The van der Waals surface area contributed by atoms with Crippen molar-refractivity contribution in [3.8, 4) is 0 Å². The summed E-state index contributed by atoms with van der Waals surface area (Å²) in [5.41, 5.74) is 5.99. The maximum atomic E-state index is 11.7. The molecule has 108 valence electrons. The Balaban J connectivity index is 2.55. The molecule has 0 aliphatic rings. The first-order valence-electron chi connectivity index (χ1n) is 6.48. The van der Waals surface area contributed by atoms with Gasteiger partial charge in [-0.1, -0.05) is 32.0 Å². The van der Waals surface area contributed by atoms with E-state index in [0.717, 1.165) is 0 Å². The van der Waals surface area contributed by atoms with E-state index in [1.807, 2.05) is 19.9 Å². The highest BCUT2D eigenvalue weighted by Crippen LogP contribution is 2.09. The van der Waals surface area contributed by atoms with Gasteiger partial charge in [0.2, 0.25) is 0 Å². The van der Waals surface area contributed by atoms with Gasteiger partial charge in [0.05, 0.1) is 0 Å². The van der Waals surface area contributed by atoms with Crippen molar-refractivity contribution in [3.05, 3.63) is 30.3 Å². The Morgan fingerprint density at radius 1 is 1.25 bits per heavy atom. The molecule has 3 N–H and O–H groups in total. The number of rotatable bonds is 4.